The number of para-hydroxylation sites is 1. The van der Waals surface area contributed by atoms with Gasteiger partial charge in [0, 0.05) is 28.0 Å². The molecule has 6 rings (SSSR count). The molecule has 0 aliphatic heterocycles. The van der Waals surface area contributed by atoms with Crippen LogP contribution in [0.3, 0.4) is 0 Å². The Balaban J connectivity index is 1.29. The lowest BCUT2D eigenvalue weighted by Crippen LogP contribution is -2.19. The summed E-state index contributed by atoms with van der Waals surface area (Å²) < 4.78 is 13.1. The van der Waals surface area contributed by atoms with Gasteiger partial charge in [0.05, 0.1) is 23.9 Å². The second kappa shape index (κ2) is 12.4. The van der Waals surface area contributed by atoms with E-state index in [0.29, 0.717) is 11.1 Å². The Kier molecular flexibility index (Phi) is 8.39. The fourth-order valence-corrected chi connectivity index (χ4v) is 6.44. The number of ether oxygens (including phenoxy) is 2. The first kappa shape index (κ1) is 31.0. The van der Waals surface area contributed by atoms with Crippen molar-refractivity contribution in [1.29, 1.82) is 0 Å². The molecule has 2 heterocycles. The van der Waals surface area contributed by atoms with Crippen LogP contribution in [-0.4, -0.2) is 35.0 Å². The maximum Gasteiger partial charge on any atom is 0.339 e. The van der Waals surface area contributed by atoms with Crippen LogP contribution in [0.25, 0.3) is 28.2 Å². The third-order valence-electron chi connectivity index (χ3n) is 8.89. The van der Waals surface area contributed by atoms with Crippen molar-refractivity contribution in [1.82, 2.24) is 9.55 Å². The summed E-state index contributed by atoms with van der Waals surface area (Å²) in [6, 6.07) is 25.9. The van der Waals surface area contributed by atoms with Crippen molar-refractivity contribution in [3.05, 3.63) is 124 Å². The van der Waals surface area contributed by atoms with E-state index in [1.807, 2.05) is 73.0 Å². The van der Waals surface area contributed by atoms with Crippen molar-refractivity contribution >= 4 is 34.3 Å². The Bertz CT molecular complexity index is 1970. The Morgan fingerprint density at radius 3 is 2.35 bits per heavy atom. The maximum atomic E-state index is 13.9. The molecule has 6 heteroatoms. The van der Waals surface area contributed by atoms with Crippen LogP contribution in [-0.2, 0) is 16.6 Å². The zero-order valence-corrected chi connectivity index (χ0v) is 27.4. The Morgan fingerprint density at radius 1 is 0.935 bits per heavy atom. The molecule has 0 fully saturated rings. The van der Waals surface area contributed by atoms with E-state index in [1.165, 1.54) is 5.56 Å². The van der Waals surface area contributed by atoms with Crippen molar-refractivity contribution in [2.24, 2.45) is 0 Å². The van der Waals surface area contributed by atoms with Crippen molar-refractivity contribution < 1.29 is 19.1 Å². The highest BCUT2D eigenvalue weighted by atomic mass is 16.5. The summed E-state index contributed by atoms with van der Waals surface area (Å²) >= 11 is 0. The molecule has 1 aliphatic rings. The molecule has 234 valence electrons. The SMILES string of the molecule is COc1ccc(-n2c(C)cc(C(=O)COC(=O)c3c4c(nc5ccccc35)/C(=C/c3ccc(C(C)(C)C)cc3)CCC4)c2C)cc1. The Morgan fingerprint density at radius 2 is 1.65 bits per heavy atom. The van der Waals surface area contributed by atoms with Crippen LogP contribution in [0.15, 0.2) is 78.9 Å². The highest BCUT2D eigenvalue weighted by Gasteiger charge is 2.27. The first-order chi connectivity index (χ1) is 22.0. The number of aryl methyl sites for hydroxylation is 1. The highest BCUT2D eigenvalue weighted by Crippen LogP contribution is 2.37. The van der Waals surface area contributed by atoms with Gasteiger partial charge >= 0.3 is 5.97 Å². The number of carbonyl (C=O) groups is 2. The number of carbonyl (C=O) groups excluding carboxylic acids is 2. The standard InChI is InChI=1S/C40H40N2O4/c1-25-22-34(26(2)42(25)30-18-20-31(45-6)21-19-30)36(43)24-46-39(44)37-32-11-7-8-13-35(32)41-38-28(10-9-12-33(37)38)23-27-14-16-29(17-15-27)40(3,4)5/h7-8,11,13-23H,9-10,12,24H2,1-6H3/b28-23+. The second-order valence-corrected chi connectivity index (χ2v) is 13.0. The molecule has 46 heavy (non-hydrogen) atoms. The summed E-state index contributed by atoms with van der Waals surface area (Å²) in [5, 5.41) is 0.743. The molecular formula is C40H40N2O4. The lowest BCUT2D eigenvalue weighted by atomic mass is 9.85. The van der Waals surface area contributed by atoms with E-state index in [4.69, 9.17) is 14.5 Å². The molecular weight excluding hydrogens is 572 g/mol. The van der Waals surface area contributed by atoms with E-state index >= 15 is 0 Å². The smallest absolute Gasteiger partial charge is 0.339 e. The molecule has 2 aromatic heterocycles. The maximum absolute atomic E-state index is 13.9. The van der Waals surface area contributed by atoms with Crippen molar-refractivity contribution in [3.63, 3.8) is 0 Å². The van der Waals surface area contributed by atoms with Crippen LogP contribution >= 0.6 is 0 Å². The third-order valence-corrected chi connectivity index (χ3v) is 8.89. The second-order valence-electron chi connectivity index (χ2n) is 13.0. The number of allylic oxidation sites excluding steroid dienone is 1. The van der Waals surface area contributed by atoms with Gasteiger partial charge in [0.15, 0.2) is 6.61 Å². The molecule has 0 amide bonds. The normalized spacial score (nSPS) is 13.9. The van der Waals surface area contributed by atoms with E-state index in [0.717, 1.165) is 75.4 Å². The molecule has 0 spiro atoms. The van der Waals surface area contributed by atoms with Crippen LogP contribution < -0.4 is 4.74 Å². The molecule has 5 aromatic rings. The van der Waals surface area contributed by atoms with E-state index < -0.39 is 5.97 Å². The highest BCUT2D eigenvalue weighted by molar-refractivity contribution is 6.08. The number of aromatic nitrogens is 2. The molecule has 0 saturated heterocycles. The molecule has 6 nitrogen and oxygen atoms in total. The lowest BCUT2D eigenvalue weighted by Gasteiger charge is -2.23. The molecule has 0 atom stereocenters. The van der Waals surface area contributed by atoms with Crippen LogP contribution in [0.2, 0.25) is 0 Å². The van der Waals surface area contributed by atoms with E-state index in [-0.39, 0.29) is 17.8 Å². The molecule has 3 aromatic carbocycles. The number of fused-ring (bicyclic) bond motifs is 2. The van der Waals surface area contributed by atoms with Gasteiger partial charge in [0.1, 0.15) is 5.75 Å². The van der Waals surface area contributed by atoms with Gasteiger partial charge in [-0.15, -0.1) is 0 Å². The number of esters is 1. The number of rotatable bonds is 7. The molecule has 0 saturated carbocycles. The zero-order valence-electron chi connectivity index (χ0n) is 27.4. The number of benzene rings is 3. The van der Waals surface area contributed by atoms with Crippen LogP contribution in [0.4, 0.5) is 0 Å². The molecule has 0 unspecified atom stereocenters. The minimum absolute atomic E-state index is 0.0816. The quantitative estimate of drug-likeness (QED) is 0.136. The molecule has 0 bridgehead atoms. The number of nitrogens with zero attached hydrogens (tertiary/aromatic N) is 2. The summed E-state index contributed by atoms with van der Waals surface area (Å²) in [4.78, 5) is 32.4. The van der Waals surface area contributed by atoms with Crippen LogP contribution in [0, 0.1) is 13.8 Å². The first-order valence-electron chi connectivity index (χ1n) is 15.8. The number of hydrogen-bond donors (Lipinski definition) is 0. The molecule has 0 radical (unpaired) electrons. The van der Waals surface area contributed by atoms with Crippen molar-refractivity contribution in [2.75, 3.05) is 13.7 Å². The summed E-state index contributed by atoms with van der Waals surface area (Å²) in [5.74, 6) is 0.0216. The summed E-state index contributed by atoms with van der Waals surface area (Å²) in [6.07, 6.45) is 4.67. The van der Waals surface area contributed by atoms with E-state index in [1.54, 1.807) is 7.11 Å². The Hall–Kier alpha value is -4.97. The first-order valence-corrected chi connectivity index (χ1v) is 15.8. The fraction of sp³-hybridized carbons (Fsp3) is 0.275. The number of Topliss-reactive ketones (excluding diaryl/α,β-unsaturated/α-hetero) is 1. The van der Waals surface area contributed by atoms with Gasteiger partial charge in [-0.2, -0.15) is 0 Å². The van der Waals surface area contributed by atoms with Gasteiger partial charge in [0.25, 0.3) is 0 Å². The third kappa shape index (κ3) is 6.00. The minimum Gasteiger partial charge on any atom is -0.497 e. The van der Waals surface area contributed by atoms with Gasteiger partial charge in [0.2, 0.25) is 5.78 Å². The molecule has 0 N–H and O–H groups in total. The topological polar surface area (TPSA) is 70.4 Å². The number of pyridine rings is 1. The average Bonchev–Trinajstić information content (AvgIpc) is 3.35. The largest absolute Gasteiger partial charge is 0.497 e. The summed E-state index contributed by atoms with van der Waals surface area (Å²) in [6.45, 7) is 10.1. The average molecular weight is 613 g/mol. The minimum atomic E-state index is -0.497. The van der Waals surface area contributed by atoms with Gasteiger partial charge in [-0.05, 0) is 103 Å². The van der Waals surface area contributed by atoms with Crippen LogP contribution in [0.5, 0.6) is 5.75 Å². The zero-order chi connectivity index (χ0) is 32.6. The van der Waals surface area contributed by atoms with Gasteiger partial charge in [-0.25, -0.2) is 9.78 Å². The van der Waals surface area contributed by atoms with Crippen LogP contribution in [0.1, 0.15) is 88.1 Å². The van der Waals surface area contributed by atoms with Gasteiger partial charge in [-0.3, -0.25) is 4.79 Å². The number of ketones is 1. The number of hydrogen-bond acceptors (Lipinski definition) is 5. The fourth-order valence-electron chi connectivity index (χ4n) is 6.44. The molecule has 1 aliphatic carbocycles. The number of methoxy groups -OCH3 is 1. The van der Waals surface area contributed by atoms with Gasteiger partial charge in [-0.1, -0.05) is 63.2 Å². The van der Waals surface area contributed by atoms with Crippen molar-refractivity contribution in [3.8, 4) is 11.4 Å². The lowest BCUT2D eigenvalue weighted by molar-refractivity contribution is 0.0475. The monoisotopic (exact) mass is 612 g/mol. The van der Waals surface area contributed by atoms with Crippen molar-refractivity contribution in [2.45, 2.75) is 59.3 Å². The van der Waals surface area contributed by atoms with Gasteiger partial charge < -0.3 is 14.0 Å². The predicted molar refractivity (Wildman–Crippen MR) is 184 cm³/mol. The van der Waals surface area contributed by atoms with E-state index in [2.05, 4.69) is 51.1 Å². The summed E-state index contributed by atoms with van der Waals surface area (Å²) in [5.41, 5.74) is 9.71. The summed E-state index contributed by atoms with van der Waals surface area (Å²) in [7, 11) is 1.63. The Labute approximate surface area is 270 Å². The predicted octanol–water partition coefficient (Wildman–Crippen LogP) is 8.87. The van der Waals surface area contributed by atoms with E-state index in [9.17, 15) is 9.59 Å².